The molecule has 5 nitrogen and oxygen atoms in total. The van der Waals surface area contributed by atoms with Crippen LogP contribution in [0.15, 0.2) is 211 Å². The van der Waals surface area contributed by atoms with Gasteiger partial charge in [-0.3, -0.25) is 0 Å². The number of furan rings is 1. The molecule has 3 heterocycles. The second-order valence-corrected chi connectivity index (χ2v) is 16.0. The summed E-state index contributed by atoms with van der Waals surface area (Å²) in [6.45, 7) is 0. The average Bonchev–Trinajstić information content (AvgIpc) is 3.86. The number of nitrogens with zero attached hydrogens (tertiary/aromatic N) is 4. The van der Waals surface area contributed by atoms with Crippen LogP contribution in [0.3, 0.4) is 0 Å². The molecule has 0 fully saturated rings. The lowest BCUT2D eigenvalue weighted by molar-refractivity contribution is 0.669. The first-order valence-corrected chi connectivity index (χ1v) is 20.9. The van der Waals surface area contributed by atoms with E-state index in [2.05, 4.69) is 193 Å². The third-order valence-corrected chi connectivity index (χ3v) is 12.4. The molecule has 0 unspecified atom stereocenters. The third kappa shape index (κ3) is 5.38. The van der Waals surface area contributed by atoms with E-state index in [1.54, 1.807) is 0 Å². The molecule has 0 amide bonds. The van der Waals surface area contributed by atoms with E-state index in [9.17, 15) is 0 Å². The molecule has 13 aromatic rings. The van der Waals surface area contributed by atoms with Crippen LogP contribution in [0.4, 0.5) is 0 Å². The summed E-state index contributed by atoms with van der Waals surface area (Å²) in [6.07, 6.45) is 0. The number of hydrogen-bond donors (Lipinski definition) is 0. The van der Waals surface area contributed by atoms with Gasteiger partial charge in [-0.05, 0) is 98.0 Å². The van der Waals surface area contributed by atoms with Crippen LogP contribution < -0.4 is 0 Å². The van der Waals surface area contributed by atoms with Crippen LogP contribution in [0.5, 0.6) is 0 Å². The van der Waals surface area contributed by atoms with Crippen molar-refractivity contribution in [2.45, 2.75) is 0 Å². The van der Waals surface area contributed by atoms with Gasteiger partial charge in [-0.25, -0.2) is 15.0 Å². The number of benzene rings is 10. The molecule has 3 aromatic heterocycles. The Hall–Kier alpha value is -8.41. The molecule has 0 aliphatic carbocycles. The monoisotopic (exact) mass is 790 g/mol. The molecule has 288 valence electrons. The van der Waals surface area contributed by atoms with Crippen LogP contribution in [0.1, 0.15) is 0 Å². The van der Waals surface area contributed by atoms with Crippen molar-refractivity contribution in [3.05, 3.63) is 206 Å². The zero-order chi connectivity index (χ0) is 40.7. The van der Waals surface area contributed by atoms with Crippen molar-refractivity contribution >= 4 is 76.1 Å². The van der Waals surface area contributed by atoms with Gasteiger partial charge in [-0.15, -0.1) is 0 Å². The van der Waals surface area contributed by atoms with Gasteiger partial charge in [0.05, 0.1) is 11.0 Å². The minimum Gasteiger partial charge on any atom is -0.456 e. The number of rotatable bonds is 5. The Morgan fingerprint density at radius 2 is 0.919 bits per heavy atom. The molecule has 10 aromatic carbocycles. The Morgan fingerprint density at radius 3 is 1.73 bits per heavy atom. The highest BCUT2D eigenvalue weighted by molar-refractivity contribution is 6.17. The van der Waals surface area contributed by atoms with Crippen LogP contribution >= 0.6 is 0 Å². The maximum Gasteiger partial charge on any atom is 0.164 e. The summed E-state index contributed by atoms with van der Waals surface area (Å²) in [5.74, 6) is 1.82. The van der Waals surface area contributed by atoms with E-state index >= 15 is 0 Å². The first-order valence-electron chi connectivity index (χ1n) is 20.9. The lowest BCUT2D eigenvalue weighted by Gasteiger charge is -2.16. The summed E-state index contributed by atoms with van der Waals surface area (Å²) in [5, 5.41) is 11.5. The van der Waals surface area contributed by atoms with Crippen LogP contribution in [-0.2, 0) is 0 Å². The number of fused-ring (bicyclic) bond motifs is 9. The third-order valence-electron chi connectivity index (χ3n) is 12.4. The van der Waals surface area contributed by atoms with Crippen LogP contribution in [0.2, 0.25) is 0 Å². The molecule has 0 saturated carbocycles. The van der Waals surface area contributed by atoms with Gasteiger partial charge in [-0.1, -0.05) is 152 Å². The molecule has 5 heteroatoms. The molecule has 0 radical (unpaired) electrons. The summed E-state index contributed by atoms with van der Waals surface area (Å²) in [7, 11) is 0. The normalized spacial score (nSPS) is 11.9. The maximum atomic E-state index is 6.68. The molecule has 0 spiro atoms. The molecule has 0 aliphatic heterocycles. The predicted molar refractivity (Wildman–Crippen MR) is 256 cm³/mol. The number of aromatic nitrogens is 4. The van der Waals surface area contributed by atoms with Crippen LogP contribution in [-0.4, -0.2) is 19.5 Å². The van der Waals surface area contributed by atoms with Gasteiger partial charge in [0.1, 0.15) is 11.2 Å². The van der Waals surface area contributed by atoms with Gasteiger partial charge >= 0.3 is 0 Å². The fraction of sp³-hybridized carbons (Fsp3) is 0. The molecule has 0 N–H and O–H groups in total. The predicted octanol–water partition coefficient (Wildman–Crippen LogP) is 15.0. The van der Waals surface area contributed by atoms with Crippen molar-refractivity contribution < 1.29 is 4.42 Å². The molecule has 62 heavy (non-hydrogen) atoms. The Bertz CT molecular complexity index is 3930. The van der Waals surface area contributed by atoms with Gasteiger partial charge in [0, 0.05) is 43.9 Å². The lowest BCUT2D eigenvalue weighted by atomic mass is 9.93. The summed E-state index contributed by atoms with van der Waals surface area (Å²) in [5.41, 5.74) is 9.78. The highest BCUT2D eigenvalue weighted by Crippen LogP contribution is 2.44. The molecular weight excluding hydrogens is 757 g/mol. The summed E-state index contributed by atoms with van der Waals surface area (Å²) in [6, 6.07) is 72.8. The van der Waals surface area contributed by atoms with E-state index in [4.69, 9.17) is 19.4 Å². The molecular formula is C57H34N4O. The quantitative estimate of drug-likeness (QED) is 0.174. The van der Waals surface area contributed by atoms with Crippen molar-refractivity contribution in [3.8, 4) is 51.0 Å². The minimum atomic E-state index is 0.590. The van der Waals surface area contributed by atoms with Crippen molar-refractivity contribution in [2.24, 2.45) is 0 Å². The number of para-hydroxylation sites is 1. The summed E-state index contributed by atoms with van der Waals surface area (Å²) in [4.78, 5) is 15.9. The van der Waals surface area contributed by atoms with Gasteiger partial charge in [0.15, 0.2) is 17.5 Å². The Kier molecular flexibility index (Phi) is 7.54. The van der Waals surface area contributed by atoms with Crippen molar-refractivity contribution in [2.75, 3.05) is 0 Å². The Morgan fingerprint density at radius 1 is 0.323 bits per heavy atom. The zero-order valence-electron chi connectivity index (χ0n) is 33.3. The highest BCUT2D eigenvalue weighted by Gasteiger charge is 2.22. The van der Waals surface area contributed by atoms with Gasteiger partial charge < -0.3 is 8.98 Å². The van der Waals surface area contributed by atoms with Crippen molar-refractivity contribution in [3.63, 3.8) is 0 Å². The fourth-order valence-corrected chi connectivity index (χ4v) is 9.51. The Balaban J connectivity index is 1.13. The largest absolute Gasteiger partial charge is 0.456 e. The van der Waals surface area contributed by atoms with Crippen LogP contribution in [0, 0.1) is 0 Å². The van der Waals surface area contributed by atoms with E-state index in [1.165, 1.54) is 21.5 Å². The lowest BCUT2D eigenvalue weighted by Crippen LogP contribution is -2.02. The molecule has 0 saturated heterocycles. The van der Waals surface area contributed by atoms with E-state index in [1.807, 2.05) is 18.2 Å². The van der Waals surface area contributed by atoms with E-state index in [-0.39, 0.29) is 0 Å². The first-order chi connectivity index (χ1) is 30.7. The summed E-state index contributed by atoms with van der Waals surface area (Å²) >= 11 is 0. The molecule has 13 rings (SSSR count). The zero-order valence-corrected chi connectivity index (χ0v) is 33.3. The van der Waals surface area contributed by atoms with E-state index < -0.39 is 0 Å². The smallest absolute Gasteiger partial charge is 0.164 e. The Labute approximate surface area is 355 Å². The average molecular weight is 791 g/mol. The topological polar surface area (TPSA) is 56.7 Å². The van der Waals surface area contributed by atoms with Crippen molar-refractivity contribution in [1.82, 2.24) is 19.5 Å². The van der Waals surface area contributed by atoms with Gasteiger partial charge in [0.2, 0.25) is 0 Å². The second-order valence-electron chi connectivity index (χ2n) is 16.0. The molecule has 0 atom stereocenters. The fourth-order valence-electron chi connectivity index (χ4n) is 9.51. The van der Waals surface area contributed by atoms with E-state index in [0.717, 1.165) is 88.0 Å². The maximum absolute atomic E-state index is 6.68. The minimum absolute atomic E-state index is 0.590. The number of hydrogen-bond acceptors (Lipinski definition) is 4. The SMILES string of the molecule is c1ccc(-c2nc(-c3ccc(-n4c5ccccc5c5cc6ccccc6cc54)cc3-c3cccc4oc5cc6ccccc6cc5c34)nc(-c3cccc4ccccc34)n2)cc1. The highest BCUT2D eigenvalue weighted by atomic mass is 16.3. The summed E-state index contributed by atoms with van der Waals surface area (Å²) < 4.78 is 9.07. The standard InChI is InChI=1S/C57H34N4O/c1-2-15-36(16-3-1)55-58-56(45-25-12-21-35-14-8-9-22-42(35)45)60-57(59-55)46-29-28-41(61-50-26-11-10-23-43(50)48-30-37-17-4-6-19-39(37)32-51(48)61)34-47(46)44-24-13-27-52-54(44)49-31-38-18-5-7-20-40(38)33-53(49)62-52/h1-34H. The van der Waals surface area contributed by atoms with Gasteiger partial charge in [0.25, 0.3) is 0 Å². The van der Waals surface area contributed by atoms with Crippen molar-refractivity contribution in [1.29, 1.82) is 0 Å². The first kappa shape index (κ1) is 34.5. The molecule has 0 bridgehead atoms. The van der Waals surface area contributed by atoms with Crippen LogP contribution in [0.25, 0.3) is 127 Å². The second kappa shape index (κ2) is 13.6. The molecule has 0 aliphatic rings. The van der Waals surface area contributed by atoms with Gasteiger partial charge in [-0.2, -0.15) is 0 Å². The van der Waals surface area contributed by atoms with E-state index in [0.29, 0.717) is 17.5 Å².